The quantitative estimate of drug-likeness (QED) is 0.437. The van der Waals surface area contributed by atoms with Gasteiger partial charge in [0.2, 0.25) is 0 Å². The average molecular weight is 557 g/mol. The highest BCUT2D eigenvalue weighted by Crippen LogP contribution is 2.35. The van der Waals surface area contributed by atoms with Gasteiger partial charge in [-0.25, -0.2) is 13.4 Å². The molecule has 1 aliphatic heterocycles. The Hall–Kier alpha value is -2.47. The summed E-state index contributed by atoms with van der Waals surface area (Å²) in [6, 6.07) is 6.70. The minimum Gasteiger partial charge on any atom is -0.305 e. The van der Waals surface area contributed by atoms with Gasteiger partial charge < -0.3 is 4.90 Å². The molecule has 2 aromatic carbocycles. The Labute approximate surface area is 218 Å². The van der Waals surface area contributed by atoms with Gasteiger partial charge in [-0.2, -0.15) is 13.2 Å². The topological polar surface area (TPSA) is 75.5 Å². The molecule has 0 N–H and O–H groups in total. The average Bonchev–Trinajstić information content (AvgIpc) is 3.29. The van der Waals surface area contributed by atoms with E-state index >= 15 is 0 Å². The van der Waals surface area contributed by atoms with Gasteiger partial charge in [-0.05, 0) is 62.0 Å². The van der Waals surface area contributed by atoms with E-state index in [4.69, 9.17) is 11.6 Å². The highest BCUT2D eigenvalue weighted by atomic mass is 35.5. The SMILES string of the molecule is CCS(=O)(=O)c1ccc(Cl)cc1Cn1cnc2cc(CN3CC[C@@H](N(C)C)C3)c(C(F)(F)F)cc2c1=O. The normalized spacial score (nSPS) is 17.2. The standard InChI is InChI=1S/C25H28ClF3N4O3S/c1-4-37(35,36)23-6-5-18(26)9-17(23)13-33-15-30-22-10-16(12-32-8-7-19(14-32)31(2)3)21(25(27,28)29)11-20(22)24(33)34/h5-6,9-11,15,19H,4,7-8,12-14H2,1-3H3/t19-/m1/s1. The lowest BCUT2D eigenvalue weighted by Crippen LogP contribution is -2.31. The van der Waals surface area contributed by atoms with Crippen molar-refractivity contribution in [3.63, 3.8) is 0 Å². The number of hydrogen-bond acceptors (Lipinski definition) is 6. The number of fused-ring (bicyclic) bond motifs is 1. The first-order valence-electron chi connectivity index (χ1n) is 11.8. The molecule has 200 valence electrons. The van der Waals surface area contributed by atoms with E-state index in [1.165, 1.54) is 37.5 Å². The third kappa shape index (κ3) is 5.84. The third-order valence-corrected chi connectivity index (χ3v) is 8.87. The number of alkyl halides is 3. The second-order valence-electron chi connectivity index (χ2n) is 9.50. The van der Waals surface area contributed by atoms with E-state index in [1.807, 2.05) is 19.0 Å². The molecule has 37 heavy (non-hydrogen) atoms. The first-order valence-corrected chi connectivity index (χ1v) is 13.8. The van der Waals surface area contributed by atoms with E-state index in [0.717, 1.165) is 17.1 Å². The zero-order valence-electron chi connectivity index (χ0n) is 20.7. The molecular formula is C25H28ClF3N4O3S. The summed E-state index contributed by atoms with van der Waals surface area (Å²) in [5.74, 6) is -0.156. The van der Waals surface area contributed by atoms with Crippen LogP contribution in [0.25, 0.3) is 10.9 Å². The lowest BCUT2D eigenvalue weighted by atomic mass is 10.0. The van der Waals surface area contributed by atoms with Gasteiger partial charge in [-0.1, -0.05) is 18.5 Å². The van der Waals surface area contributed by atoms with Crippen molar-refractivity contribution in [2.24, 2.45) is 0 Å². The Bertz CT molecular complexity index is 1490. The molecular weight excluding hydrogens is 529 g/mol. The van der Waals surface area contributed by atoms with Crippen LogP contribution in [0.5, 0.6) is 0 Å². The number of halogens is 4. The number of benzene rings is 2. The van der Waals surface area contributed by atoms with Gasteiger partial charge >= 0.3 is 6.18 Å². The summed E-state index contributed by atoms with van der Waals surface area (Å²) in [6.45, 7) is 2.71. The molecule has 1 saturated heterocycles. The molecule has 0 unspecified atom stereocenters. The van der Waals surface area contributed by atoms with Crippen LogP contribution in [0.4, 0.5) is 13.2 Å². The Morgan fingerprint density at radius 1 is 1.14 bits per heavy atom. The molecule has 1 aliphatic rings. The maximum atomic E-state index is 14.1. The van der Waals surface area contributed by atoms with Crippen LogP contribution in [-0.2, 0) is 29.1 Å². The van der Waals surface area contributed by atoms with Gasteiger partial charge in [0.15, 0.2) is 9.84 Å². The molecule has 0 spiro atoms. The van der Waals surface area contributed by atoms with Crippen LogP contribution in [0.2, 0.25) is 5.02 Å². The molecule has 1 atom stereocenters. The summed E-state index contributed by atoms with van der Waals surface area (Å²) in [7, 11) is 0.273. The molecule has 0 saturated carbocycles. The Morgan fingerprint density at radius 2 is 1.86 bits per heavy atom. The molecule has 3 aromatic rings. The predicted molar refractivity (Wildman–Crippen MR) is 137 cm³/mol. The molecule has 0 bridgehead atoms. The van der Waals surface area contributed by atoms with Crippen LogP contribution in [-0.4, -0.2) is 66.7 Å². The van der Waals surface area contributed by atoms with Crippen molar-refractivity contribution in [3.05, 3.63) is 68.7 Å². The van der Waals surface area contributed by atoms with Gasteiger partial charge in [0, 0.05) is 30.7 Å². The number of sulfone groups is 1. The first-order chi connectivity index (χ1) is 17.3. The van der Waals surface area contributed by atoms with Crippen LogP contribution < -0.4 is 5.56 Å². The maximum absolute atomic E-state index is 14.1. The largest absolute Gasteiger partial charge is 0.416 e. The first kappa shape index (κ1) is 27.6. The lowest BCUT2D eigenvalue weighted by molar-refractivity contribution is -0.138. The van der Waals surface area contributed by atoms with Gasteiger partial charge in [0.1, 0.15) is 0 Å². The van der Waals surface area contributed by atoms with Crippen molar-refractivity contribution in [2.45, 2.75) is 43.5 Å². The van der Waals surface area contributed by atoms with Gasteiger partial charge in [-0.15, -0.1) is 0 Å². The van der Waals surface area contributed by atoms with E-state index < -0.39 is 27.1 Å². The Morgan fingerprint density at radius 3 is 2.49 bits per heavy atom. The summed E-state index contributed by atoms with van der Waals surface area (Å²) < 4.78 is 68.4. The smallest absolute Gasteiger partial charge is 0.305 e. The molecule has 1 fully saturated rings. The van der Waals surface area contributed by atoms with Crippen LogP contribution >= 0.6 is 11.6 Å². The summed E-state index contributed by atoms with van der Waals surface area (Å²) in [5, 5.41) is 0.0855. The summed E-state index contributed by atoms with van der Waals surface area (Å²) in [4.78, 5) is 21.6. The van der Waals surface area contributed by atoms with Crippen molar-refractivity contribution >= 4 is 32.3 Å². The molecule has 2 heterocycles. The van der Waals surface area contributed by atoms with E-state index in [-0.39, 0.29) is 56.8 Å². The van der Waals surface area contributed by atoms with Crippen molar-refractivity contribution in [1.82, 2.24) is 19.4 Å². The number of likely N-dealkylation sites (N-methyl/N-ethyl adjacent to an activating group) is 1. The van der Waals surface area contributed by atoms with Crippen molar-refractivity contribution in [2.75, 3.05) is 32.9 Å². The minimum atomic E-state index is -4.66. The number of nitrogens with zero attached hydrogens (tertiary/aromatic N) is 4. The predicted octanol–water partition coefficient (Wildman–Crippen LogP) is 4.05. The van der Waals surface area contributed by atoms with Gasteiger partial charge in [0.25, 0.3) is 5.56 Å². The van der Waals surface area contributed by atoms with Gasteiger partial charge in [0.05, 0.1) is 40.0 Å². The third-order valence-electron chi connectivity index (χ3n) is 6.80. The molecule has 0 amide bonds. The fourth-order valence-electron chi connectivity index (χ4n) is 4.69. The highest BCUT2D eigenvalue weighted by Gasteiger charge is 2.35. The molecule has 12 heteroatoms. The van der Waals surface area contributed by atoms with Crippen LogP contribution in [0.15, 0.2) is 46.3 Å². The molecule has 1 aromatic heterocycles. The highest BCUT2D eigenvalue weighted by molar-refractivity contribution is 7.91. The van der Waals surface area contributed by atoms with E-state index in [0.29, 0.717) is 13.1 Å². The second-order valence-corrected chi connectivity index (χ2v) is 12.2. The molecule has 7 nitrogen and oxygen atoms in total. The Kier molecular flexibility index (Phi) is 7.72. The summed E-state index contributed by atoms with van der Waals surface area (Å²) in [6.07, 6.45) is -2.57. The molecule has 0 aliphatic carbocycles. The zero-order chi connectivity index (χ0) is 27.1. The van der Waals surface area contributed by atoms with E-state index in [1.54, 1.807) is 0 Å². The van der Waals surface area contributed by atoms with E-state index in [9.17, 15) is 26.4 Å². The summed E-state index contributed by atoms with van der Waals surface area (Å²) >= 11 is 6.07. The minimum absolute atomic E-state index is 0.0133. The van der Waals surface area contributed by atoms with Gasteiger partial charge in [-0.3, -0.25) is 14.3 Å². The number of rotatable bonds is 7. The fraction of sp³-hybridized carbons (Fsp3) is 0.440. The van der Waals surface area contributed by atoms with Crippen LogP contribution in [0.1, 0.15) is 30.0 Å². The number of likely N-dealkylation sites (tertiary alicyclic amines) is 1. The van der Waals surface area contributed by atoms with Crippen molar-refractivity contribution in [1.29, 1.82) is 0 Å². The second kappa shape index (κ2) is 10.4. The molecule has 0 radical (unpaired) electrons. The van der Waals surface area contributed by atoms with Crippen molar-refractivity contribution in [3.8, 4) is 0 Å². The molecule has 4 rings (SSSR count). The van der Waals surface area contributed by atoms with Crippen molar-refractivity contribution < 1.29 is 21.6 Å². The fourth-order valence-corrected chi connectivity index (χ4v) is 5.99. The van der Waals surface area contributed by atoms with Crippen LogP contribution in [0.3, 0.4) is 0 Å². The zero-order valence-corrected chi connectivity index (χ0v) is 22.3. The summed E-state index contributed by atoms with van der Waals surface area (Å²) in [5.41, 5.74) is -1.09. The Balaban J connectivity index is 1.75. The number of hydrogen-bond donors (Lipinski definition) is 0. The lowest BCUT2D eigenvalue weighted by Gasteiger charge is -2.22. The van der Waals surface area contributed by atoms with E-state index in [2.05, 4.69) is 9.88 Å². The maximum Gasteiger partial charge on any atom is 0.416 e. The number of aromatic nitrogens is 2. The monoisotopic (exact) mass is 556 g/mol. The van der Waals surface area contributed by atoms with Crippen LogP contribution in [0, 0.1) is 0 Å².